The second-order valence-corrected chi connectivity index (χ2v) is 14.6. The van der Waals surface area contributed by atoms with Crippen molar-refractivity contribution in [2.24, 2.45) is 35.5 Å². The van der Waals surface area contributed by atoms with E-state index < -0.39 is 13.4 Å². The fraction of sp³-hybridized carbons (Fsp3) is 0.806. The van der Waals surface area contributed by atoms with Gasteiger partial charge in [-0.05, 0) is 86.5 Å². The number of unbranched alkanes of at least 4 members (excludes halogenated alkanes) is 1. The molecule has 2 aliphatic rings. The third-order valence-electron chi connectivity index (χ3n) is 9.01. The summed E-state index contributed by atoms with van der Waals surface area (Å²) >= 11 is 0. The summed E-state index contributed by atoms with van der Waals surface area (Å²) in [7, 11) is -3.95. The first-order valence-corrected chi connectivity index (χ1v) is 16.7. The van der Waals surface area contributed by atoms with Crippen molar-refractivity contribution in [2.45, 2.75) is 124 Å². The minimum Gasteiger partial charge on any atom is -0.444 e. The number of rotatable bonds is 12. The van der Waals surface area contributed by atoms with Crippen LogP contribution in [0.2, 0.25) is 0 Å². The second kappa shape index (κ2) is 14.4. The van der Waals surface area contributed by atoms with Crippen molar-refractivity contribution in [1.82, 2.24) is 4.98 Å². The van der Waals surface area contributed by atoms with E-state index in [1.807, 2.05) is 13.0 Å². The molecule has 7 heteroatoms. The summed E-state index contributed by atoms with van der Waals surface area (Å²) in [5, 5.41) is 0. The fourth-order valence-electron chi connectivity index (χ4n) is 5.98. The van der Waals surface area contributed by atoms with Crippen molar-refractivity contribution in [1.29, 1.82) is 0 Å². The van der Waals surface area contributed by atoms with Gasteiger partial charge in [-0.25, -0.2) is 0 Å². The maximum absolute atomic E-state index is 15.2. The molecule has 0 aromatic carbocycles. The van der Waals surface area contributed by atoms with Gasteiger partial charge in [0.15, 0.2) is 0 Å². The minimum atomic E-state index is -3.95. The van der Waals surface area contributed by atoms with Gasteiger partial charge in [-0.15, -0.1) is 0 Å². The van der Waals surface area contributed by atoms with Crippen LogP contribution >= 0.6 is 7.60 Å². The number of esters is 1. The molecule has 0 spiro atoms. The normalized spacial score (nSPS) is 30.7. The van der Waals surface area contributed by atoms with Crippen molar-refractivity contribution in [3.05, 3.63) is 30.1 Å². The Kier molecular flexibility index (Phi) is 11.9. The Labute approximate surface area is 231 Å². The highest BCUT2D eigenvalue weighted by molar-refractivity contribution is 7.54. The molecule has 1 unspecified atom stereocenters. The van der Waals surface area contributed by atoms with E-state index in [1.165, 1.54) is 0 Å². The topological polar surface area (TPSA) is 74.7 Å². The molecule has 1 aromatic heterocycles. The molecule has 1 heterocycles. The predicted octanol–water partition coefficient (Wildman–Crippen LogP) is 8.96. The summed E-state index contributed by atoms with van der Waals surface area (Å²) < 4.78 is 34.5. The number of hydrogen-bond donors (Lipinski definition) is 0. The lowest BCUT2D eigenvalue weighted by molar-refractivity contribution is -0.147. The summed E-state index contributed by atoms with van der Waals surface area (Å²) in [4.78, 5) is 17.2. The van der Waals surface area contributed by atoms with Crippen molar-refractivity contribution in [3.63, 3.8) is 0 Å². The standard InChI is InChI=1S/C31H52NO5P/c1-8-9-12-30(33)35-31(27-11-10-17-32-20-27)38(34,36-28-18-25(21(2)3)15-13-23(28)6)37-29-19-26(22(4)5)16-14-24(29)7/h10-11,17,20-26,28-29,31H,8-9,12-16,18-19H2,1-7H3/t23-,24+,25+,26-,28-,29-,31+,38?/m1/s1. The molecule has 0 bridgehead atoms. The lowest BCUT2D eigenvalue weighted by Crippen LogP contribution is -2.35. The van der Waals surface area contributed by atoms with E-state index in [0.717, 1.165) is 51.4 Å². The molecule has 0 radical (unpaired) electrons. The lowest BCUT2D eigenvalue weighted by Gasteiger charge is -2.42. The van der Waals surface area contributed by atoms with Gasteiger partial charge in [-0.1, -0.05) is 61.0 Å². The highest BCUT2D eigenvalue weighted by atomic mass is 31.2. The largest absolute Gasteiger partial charge is 0.444 e. The summed E-state index contributed by atoms with van der Waals surface area (Å²) in [6.45, 7) is 15.4. The van der Waals surface area contributed by atoms with Crippen molar-refractivity contribution in [3.8, 4) is 0 Å². The molecule has 216 valence electrons. The Morgan fingerprint density at radius 2 is 1.53 bits per heavy atom. The van der Waals surface area contributed by atoms with Crippen LogP contribution < -0.4 is 0 Å². The first-order valence-electron chi connectivity index (χ1n) is 15.1. The Morgan fingerprint density at radius 1 is 0.974 bits per heavy atom. The highest BCUT2D eigenvalue weighted by Gasteiger charge is 2.48. The van der Waals surface area contributed by atoms with E-state index in [4.69, 9.17) is 13.8 Å². The Balaban J connectivity index is 1.99. The van der Waals surface area contributed by atoms with Gasteiger partial charge in [0, 0.05) is 24.4 Å². The average Bonchev–Trinajstić information content (AvgIpc) is 2.88. The molecule has 0 aliphatic heterocycles. The number of pyridine rings is 1. The quantitative estimate of drug-likeness (QED) is 0.191. The van der Waals surface area contributed by atoms with E-state index >= 15 is 4.57 Å². The third kappa shape index (κ3) is 8.38. The van der Waals surface area contributed by atoms with Gasteiger partial charge in [0.05, 0.1) is 12.2 Å². The molecule has 2 aliphatic carbocycles. The first-order chi connectivity index (χ1) is 18.0. The van der Waals surface area contributed by atoms with Crippen LogP contribution in [0.15, 0.2) is 24.5 Å². The fourth-order valence-corrected chi connectivity index (χ4v) is 8.36. The first kappa shape index (κ1) is 31.3. The van der Waals surface area contributed by atoms with Crippen molar-refractivity contribution in [2.75, 3.05) is 0 Å². The third-order valence-corrected chi connectivity index (χ3v) is 11.1. The maximum Gasteiger partial charge on any atom is 0.376 e. The van der Waals surface area contributed by atoms with Crippen LogP contribution in [0, 0.1) is 35.5 Å². The average molecular weight is 550 g/mol. The molecular formula is C31H52NO5P. The van der Waals surface area contributed by atoms with Crippen LogP contribution in [0.5, 0.6) is 0 Å². The van der Waals surface area contributed by atoms with Gasteiger partial charge >= 0.3 is 13.6 Å². The monoisotopic (exact) mass is 549 g/mol. The molecule has 38 heavy (non-hydrogen) atoms. The molecule has 0 N–H and O–H groups in total. The lowest BCUT2D eigenvalue weighted by atomic mass is 9.76. The van der Waals surface area contributed by atoms with Gasteiger partial charge in [0.2, 0.25) is 5.85 Å². The number of hydrogen-bond acceptors (Lipinski definition) is 6. The molecule has 6 nitrogen and oxygen atoms in total. The molecule has 0 saturated heterocycles. The summed E-state index contributed by atoms with van der Waals surface area (Å²) in [5.74, 6) is 1.07. The van der Waals surface area contributed by atoms with Crippen LogP contribution in [-0.2, 0) is 23.1 Å². The van der Waals surface area contributed by atoms with E-state index in [1.54, 1.807) is 18.5 Å². The smallest absolute Gasteiger partial charge is 0.376 e. The number of aromatic nitrogens is 1. The summed E-state index contributed by atoms with van der Waals surface area (Å²) in [6.07, 6.45) is 10.8. The maximum atomic E-state index is 15.2. The van der Waals surface area contributed by atoms with E-state index in [0.29, 0.717) is 29.2 Å². The van der Waals surface area contributed by atoms with Crippen LogP contribution in [-0.4, -0.2) is 23.2 Å². The molecule has 8 atom stereocenters. The van der Waals surface area contributed by atoms with Gasteiger partial charge in [-0.3, -0.25) is 14.3 Å². The Morgan fingerprint density at radius 3 is 1.97 bits per heavy atom. The number of nitrogens with zero attached hydrogens (tertiary/aromatic N) is 1. The van der Waals surface area contributed by atoms with Crippen LogP contribution in [0.3, 0.4) is 0 Å². The number of ether oxygens (including phenoxy) is 1. The van der Waals surface area contributed by atoms with Crippen molar-refractivity contribution < 1.29 is 23.1 Å². The van der Waals surface area contributed by atoms with Gasteiger partial charge < -0.3 is 13.8 Å². The predicted molar refractivity (Wildman–Crippen MR) is 153 cm³/mol. The van der Waals surface area contributed by atoms with Gasteiger partial charge in [0.1, 0.15) is 0 Å². The Hall–Kier alpha value is -1.23. The van der Waals surface area contributed by atoms with Gasteiger partial charge in [0.25, 0.3) is 0 Å². The van der Waals surface area contributed by atoms with Crippen LogP contribution in [0.4, 0.5) is 0 Å². The van der Waals surface area contributed by atoms with Crippen LogP contribution in [0.1, 0.15) is 118 Å². The summed E-state index contributed by atoms with van der Waals surface area (Å²) in [5.41, 5.74) is 0.563. The Bertz CT molecular complexity index is 869. The molecule has 1 aromatic rings. The summed E-state index contributed by atoms with van der Waals surface area (Å²) in [6, 6.07) is 3.59. The van der Waals surface area contributed by atoms with Gasteiger partial charge in [-0.2, -0.15) is 0 Å². The van der Waals surface area contributed by atoms with E-state index in [2.05, 4.69) is 46.5 Å². The van der Waals surface area contributed by atoms with Crippen LogP contribution in [0.25, 0.3) is 0 Å². The molecule has 0 amide bonds. The number of carbonyl (C=O) groups excluding carboxylic acids is 1. The zero-order valence-corrected chi connectivity index (χ0v) is 25.7. The zero-order chi connectivity index (χ0) is 27.9. The molecular weight excluding hydrogens is 497 g/mol. The molecule has 3 rings (SSSR count). The number of carbonyl (C=O) groups is 1. The van der Waals surface area contributed by atoms with E-state index in [-0.39, 0.29) is 36.4 Å². The molecule has 2 fully saturated rings. The van der Waals surface area contributed by atoms with E-state index in [9.17, 15) is 4.79 Å². The second-order valence-electron chi connectivity index (χ2n) is 12.6. The zero-order valence-electron chi connectivity index (χ0n) is 24.8. The van der Waals surface area contributed by atoms with Crippen molar-refractivity contribution >= 4 is 13.6 Å². The SMILES string of the molecule is CCCCC(=O)O[C@H](c1cccnc1)P(=O)(O[C@@H]1C[C@@H](C(C)C)CC[C@H]1C)O[C@@H]1C[C@H](C(C)C)CC[C@@H]1C. The minimum absolute atomic E-state index is 0.213. The molecule has 2 saturated carbocycles. The highest BCUT2D eigenvalue weighted by Crippen LogP contribution is 2.65.